The number of aromatic nitrogens is 4. The molecule has 20 radical (unpaired) electrons. The second-order valence-corrected chi connectivity index (χ2v) is 13.4. The van der Waals surface area contributed by atoms with Gasteiger partial charge in [-0.15, -0.1) is 32.8 Å². The van der Waals surface area contributed by atoms with Gasteiger partial charge >= 0.3 is 0 Å². The monoisotopic (exact) mass is 662 g/mol. The lowest BCUT2D eigenvalue weighted by Gasteiger charge is -2.23. The number of hydrogen-bond donors (Lipinski definition) is 0. The Kier molecular flexibility index (Phi) is 7.09. The summed E-state index contributed by atoms with van der Waals surface area (Å²) in [5.74, 6) is 0.177. The van der Waals surface area contributed by atoms with Crippen LogP contribution in [0, 0.1) is 0 Å². The summed E-state index contributed by atoms with van der Waals surface area (Å²) in [6.45, 7) is 0. The zero-order chi connectivity index (χ0) is 37.5. The van der Waals surface area contributed by atoms with E-state index in [1.165, 1.54) is 0 Å². The van der Waals surface area contributed by atoms with E-state index >= 15 is 0 Å². The molecule has 10 aromatic rings. The average Bonchev–Trinajstić information content (AvgIpc) is 3.73. The molecule has 54 heavy (non-hydrogen) atoms. The van der Waals surface area contributed by atoms with Crippen LogP contribution in [0.4, 0.5) is 0 Å². The molecule has 5 nitrogen and oxygen atoms in total. The molecule has 0 saturated heterocycles. The number of rotatable bonds is 3. The summed E-state index contributed by atoms with van der Waals surface area (Å²) in [5, 5.41) is 8.07. The molecule has 10 rings (SSSR count). The van der Waals surface area contributed by atoms with Crippen LogP contribution in [0.5, 0.6) is 0 Å². The van der Waals surface area contributed by atoms with Crippen LogP contribution in [0.25, 0.3) is 94.0 Å². The Labute approximate surface area is 322 Å². The van der Waals surface area contributed by atoms with Crippen molar-refractivity contribution in [3.63, 3.8) is 0 Å². The van der Waals surface area contributed by atoms with Crippen LogP contribution in [0.15, 0.2) is 77.2 Å². The molecule has 0 aliphatic rings. The standard InChI is InChI=1S/C39H12B10N4O/c40-27-25(28(41)32(45)35(48)31(27)44)37-50-38(26-29(42)33(46)36(49)34(47)30(26)43)52-39(51-37)53-17-9-3-7-15-13-5-1-2-6-14(13)16-8-4-10-19-22(16)24-20(54-19)12-11-18(53)23(24)21(15)17/h1-12H. The molecule has 15 heteroatoms. The van der Waals surface area contributed by atoms with Crippen molar-refractivity contribution in [2.24, 2.45) is 0 Å². The Morgan fingerprint density at radius 3 is 1.37 bits per heavy atom. The van der Waals surface area contributed by atoms with Gasteiger partial charge in [-0.05, 0) is 45.8 Å². The molecule has 0 N–H and O–H groups in total. The van der Waals surface area contributed by atoms with Crippen molar-refractivity contribution in [3.8, 4) is 28.7 Å². The van der Waals surface area contributed by atoms with E-state index in [0.717, 1.165) is 65.3 Å². The highest BCUT2D eigenvalue weighted by Crippen LogP contribution is 2.46. The maximum Gasteiger partial charge on any atom is 0.238 e. The first-order valence-electron chi connectivity index (χ1n) is 16.8. The van der Waals surface area contributed by atoms with E-state index < -0.39 is 0 Å². The van der Waals surface area contributed by atoms with E-state index in [2.05, 4.69) is 24.3 Å². The normalized spacial score (nSPS) is 12.1. The fraction of sp³-hybridized carbons (Fsp3) is 0. The van der Waals surface area contributed by atoms with Crippen molar-refractivity contribution in [2.75, 3.05) is 0 Å². The smallest absolute Gasteiger partial charge is 0.238 e. The molecular formula is C39H12B10N4O. The average molecular weight is 661 g/mol. The zero-order valence-electron chi connectivity index (χ0n) is 28.4. The summed E-state index contributed by atoms with van der Waals surface area (Å²) in [7, 11) is 64.0. The number of hydrogen-bond acceptors (Lipinski definition) is 4. The molecule has 0 aliphatic carbocycles. The van der Waals surface area contributed by atoms with Gasteiger partial charge in [0, 0.05) is 32.7 Å². The van der Waals surface area contributed by atoms with Gasteiger partial charge in [0.1, 0.15) is 89.6 Å². The van der Waals surface area contributed by atoms with E-state index in [4.69, 9.17) is 97.8 Å². The van der Waals surface area contributed by atoms with Crippen LogP contribution >= 0.6 is 0 Å². The molecule has 0 atom stereocenters. The van der Waals surface area contributed by atoms with Crippen molar-refractivity contribution in [3.05, 3.63) is 72.8 Å². The van der Waals surface area contributed by atoms with Crippen LogP contribution < -0.4 is 54.6 Å². The van der Waals surface area contributed by atoms with Crippen molar-refractivity contribution >= 4 is 198 Å². The van der Waals surface area contributed by atoms with Gasteiger partial charge in [-0.1, -0.05) is 70.4 Å². The highest BCUT2D eigenvalue weighted by atomic mass is 16.3. The predicted molar refractivity (Wildman–Crippen MR) is 232 cm³/mol. The number of furan rings is 1. The number of fused-ring (bicyclic) bond motifs is 3. The van der Waals surface area contributed by atoms with Gasteiger partial charge in [0.05, 0.1) is 11.0 Å². The van der Waals surface area contributed by atoms with Crippen LogP contribution in [-0.4, -0.2) is 98.0 Å². The van der Waals surface area contributed by atoms with Crippen LogP contribution in [0.3, 0.4) is 0 Å². The second-order valence-electron chi connectivity index (χ2n) is 13.4. The summed E-state index contributed by atoms with van der Waals surface area (Å²) in [6, 6.07) is 24.5. The van der Waals surface area contributed by atoms with E-state index in [0.29, 0.717) is 0 Å². The third-order valence-corrected chi connectivity index (χ3v) is 10.6. The molecule has 0 fully saturated rings. The molecule has 3 aromatic heterocycles. The zero-order valence-corrected chi connectivity index (χ0v) is 28.4. The molecule has 0 bridgehead atoms. The predicted octanol–water partition coefficient (Wildman–Crippen LogP) is -2.12. The van der Waals surface area contributed by atoms with Crippen molar-refractivity contribution in [2.45, 2.75) is 0 Å². The topological polar surface area (TPSA) is 56.7 Å². The Hall–Kier alpha value is -5.42. The van der Waals surface area contributed by atoms with E-state index in [-0.39, 0.29) is 83.4 Å². The molecule has 0 amide bonds. The Bertz CT molecular complexity index is 3160. The summed E-state index contributed by atoms with van der Waals surface area (Å²) in [5.41, 5.74) is 3.56. The largest absolute Gasteiger partial charge is 0.456 e. The molecule has 7 aromatic carbocycles. The molecule has 3 heterocycles. The minimum absolute atomic E-state index is 0.00843. The minimum Gasteiger partial charge on any atom is -0.456 e. The van der Waals surface area contributed by atoms with Crippen LogP contribution in [0.1, 0.15) is 0 Å². The first kappa shape index (κ1) is 33.2. The first-order chi connectivity index (χ1) is 26.0. The fourth-order valence-electron chi connectivity index (χ4n) is 7.94. The quantitative estimate of drug-likeness (QED) is 0.204. The summed E-state index contributed by atoms with van der Waals surface area (Å²) >= 11 is 0. The van der Waals surface area contributed by atoms with Gasteiger partial charge in [-0.25, -0.2) is 4.98 Å². The van der Waals surface area contributed by atoms with Crippen molar-refractivity contribution < 1.29 is 4.42 Å². The van der Waals surface area contributed by atoms with Gasteiger partial charge in [0.15, 0.2) is 11.6 Å². The SMILES string of the molecule is [B]c1c([B])c([B])c(-c2nc(-c3c([B])c([B])c([B])c([B])c3[B])nc(-n3c4cccc5c6ccccc6c6cccc7oc8ccc3c(c8c76)c54)n2)c([B])c1[B]. The Morgan fingerprint density at radius 2 is 0.815 bits per heavy atom. The van der Waals surface area contributed by atoms with Crippen molar-refractivity contribution in [1.29, 1.82) is 0 Å². The van der Waals surface area contributed by atoms with Gasteiger partial charge in [-0.2, -0.15) is 9.97 Å². The third-order valence-electron chi connectivity index (χ3n) is 10.6. The van der Waals surface area contributed by atoms with Gasteiger partial charge < -0.3 is 4.42 Å². The molecular weight excluding hydrogens is 649 g/mol. The summed E-state index contributed by atoms with van der Waals surface area (Å²) in [4.78, 5) is 14.8. The molecule has 0 saturated carbocycles. The van der Waals surface area contributed by atoms with E-state index in [1.54, 1.807) is 0 Å². The molecule has 0 unspecified atom stereocenters. The van der Waals surface area contributed by atoms with Gasteiger partial charge in [0.25, 0.3) is 0 Å². The minimum atomic E-state index is 0.00843. The van der Waals surface area contributed by atoms with Crippen molar-refractivity contribution in [1.82, 2.24) is 19.5 Å². The summed E-state index contributed by atoms with van der Waals surface area (Å²) < 4.78 is 8.44. The fourth-order valence-corrected chi connectivity index (χ4v) is 7.94. The summed E-state index contributed by atoms with van der Waals surface area (Å²) in [6.07, 6.45) is 0. The lowest BCUT2D eigenvalue weighted by Crippen LogP contribution is -2.55. The molecule has 224 valence electrons. The maximum absolute atomic E-state index is 6.58. The van der Waals surface area contributed by atoms with Gasteiger partial charge in [0.2, 0.25) is 5.95 Å². The lowest BCUT2D eigenvalue weighted by molar-refractivity contribution is 0.669. The van der Waals surface area contributed by atoms with Crippen LogP contribution in [-0.2, 0) is 0 Å². The number of benzene rings is 6. The van der Waals surface area contributed by atoms with Gasteiger partial charge in [-0.3, -0.25) is 4.57 Å². The second kappa shape index (κ2) is 11.5. The molecule has 0 spiro atoms. The van der Waals surface area contributed by atoms with E-state index in [1.807, 2.05) is 53.1 Å². The lowest BCUT2D eigenvalue weighted by atomic mass is 9.60. The van der Waals surface area contributed by atoms with E-state index in [9.17, 15) is 0 Å². The maximum atomic E-state index is 6.58. The number of nitrogens with zero attached hydrogens (tertiary/aromatic N) is 4. The Morgan fingerprint density at radius 1 is 0.370 bits per heavy atom. The highest BCUT2D eigenvalue weighted by Gasteiger charge is 2.26. The Balaban J connectivity index is 1.43. The third kappa shape index (κ3) is 4.27. The van der Waals surface area contributed by atoms with Crippen LogP contribution in [0.2, 0.25) is 0 Å². The highest BCUT2D eigenvalue weighted by molar-refractivity contribution is 6.70. The molecule has 0 aliphatic heterocycles. The first-order valence-corrected chi connectivity index (χ1v) is 16.8.